The van der Waals surface area contributed by atoms with Crippen molar-refractivity contribution in [3.63, 3.8) is 0 Å². The van der Waals surface area contributed by atoms with Crippen molar-refractivity contribution >= 4 is 23.4 Å². The van der Waals surface area contributed by atoms with Gasteiger partial charge in [0, 0.05) is 37.7 Å². The minimum absolute atomic E-state index is 0.0141. The van der Waals surface area contributed by atoms with Gasteiger partial charge in [0.15, 0.2) is 0 Å². The number of aliphatic hydroxyl groups is 1. The number of piperazine rings is 1. The number of nitrogens with zero attached hydrogens (tertiary/aromatic N) is 2. The first kappa shape index (κ1) is 17.1. The smallest absolute Gasteiger partial charge is 0.256 e. The average molecular weight is 356 g/mol. The zero-order chi connectivity index (χ0) is 17.3. The molecule has 0 bridgehead atoms. The largest absolute Gasteiger partial charge is 0.392 e. The highest BCUT2D eigenvalue weighted by molar-refractivity contribution is 6.30. The molecule has 0 radical (unpaired) electrons. The van der Waals surface area contributed by atoms with Crippen LogP contribution in [0.3, 0.4) is 0 Å². The van der Waals surface area contributed by atoms with Gasteiger partial charge in [-0.25, -0.2) is 4.39 Å². The molecule has 2 fully saturated rings. The van der Waals surface area contributed by atoms with E-state index >= 15 is 0 Å². The fraction of sp³-hybridized carbons (Fsp3) is 0.500. The molecule has 2 amide bonds. The molecule has 2 atom stereocenters. The van der Waals surface area contributed by atoms with E-state index in [1.807, 2.05) is 0 Å². The zero-order valence-electron chi connectivity index (χ0n) is 13.0. The molecule has 2 heterocycles. The Morgan fingerprint density at radius 1 is 1.21 bits per heavy atom. The molecular weight excluding hydrogens is 337 g/mol. The number of β-amino-alcohol motifs (C(OH)–C–C–N with tert-alkyl or cyclic N) is 1. The van der Waals surface area contributed by atoms with Gasteiger partial charge in [-0.05, 0) is 24.6 Å². The van der Waals surface area contributed by atoms with E-state index in [9.17, 15) is 19.1 Å². The third-order valence-electron chi connectivity index (χ3n) is 4.45. The van der Waals surface area contributed by atoms with Gasteiger partial charge >= 0.3 is 0 Å². The quantitative estimate of drug-likeness (QED) is 0.809. The standard InChI is InChI=1S/C16H19ClFN3O3/c17-10-1-2-12(13(18)7-10)15(23)20-3-5-21(6-4-20)16(24)14-8-11(22)9-19-14/h1-2,7,11,14,19,22H,3-6,8-9H2. The molecule has 0 spiro atoms. The molecule has 24 heavy (non-hydrogen) atoms. The lowest BCUT2D eigenvalue weighted by Gasteiger charge is -2.36. The van der Waals surface area contributed by atoms with Crippen LogP contribution in [0.5, 0.6) is 0 Å². The van der Waals surface area contributed by atoms with Crippen LogP contribution in [-0.2, 0) is 4.79 Å². The summed E-state index contributed by atoms with van der Waals surface area (Å²) in [6.07, 6.45) is -0.0803. The van der Waals surface area contributed by atoms with E-state index < -0.39 is 17.8 Å². The summed E-state index contributed by atoms with van der Waals surface area (Å²) in [6, 6.07) is 3.61. The second kappa shape index (κ2) is 7.04. The highest BCUT2D eigenvalue weighted by atomic mass is 35.5. The van der Waals surface area contributed by atoms with E-state index in [0.29, 0.717) is 39.1 Å². The SMILES string of the molecule is O=C(c1ccc(Cl)cc1F)N1CCN(C(=O)C2CC(O)CN2)CC1. The second-order valence-corrected chi connectivity index (χ2v) is 6.53. The molecule has 1 aromatic rings. The molecule has 1 aromatic carbocycles. The Balaban J connectivity index is 1.58. The number of halogens is 2. The van der Waals surface area contributed by atoms with Crippen LogP contribution in [0.4, 0.5) is 4.39 Å². The monoisotopic (exact) mass is 355 g/mol. The van der Waals surface area contributed by atoms with Gasteiger partial charge in [-0.1, -0.05) is 11.6 Å². The highest BCUT2D eigenvalue weighted by Gasteiger charge is 2.33. The molecule has 8 heteroatoms. The van der Waals surface area contributed by atoms with Crippen LogP contribution in [0.1, 0.15) is 16.8 Å². The van der Waals surface area contributed by atoms with Crippen molar-refractivity contribution in [1.82, 2.24) is 15.1 Å². The fourth-order valence-corrected chi connectivity index (χ4v) is 3.25. The molecule has 2 aliphatic heterocycles. The van der Waals surface area contributed by atoms with Gasteiger partial charge < -0.3 is 20.2 Å². The van der Waals surface area contributed by atoms with Crippen LogP contribution < -0.4 is 5.32 Å². The van der Waals surface area contributed by atoms with Gasteiger partial charge in [-0.3, -0.25) is 9.59 Å². The molecule has 2 N–H and O–H groups in total. The minimum Gasteiger partial charge on any atom is -0.392 e. The Bertz CT molecular complexity index is 649. The summed E-state index contributed by atoms with van der Waals surface area (Å²) in [6.45, 7) is 1.91. The molecular formula is C16H19ClFN3O3. The second-order valence-electron chi connectivity index (χ2n) is 6.09. The molecule has 3 rings (SSSR count). The molecule has 6 nitrogen and oxygen atoms in total. The van der Waals surface area contributed by atoms with Crippen molar-refractivity contribution in [2.75, 3.05) is 32.7 Å². The van der Waals surface area contributed by atoms with Crippen LogP contribution in [0.15, 0.2) is 18.2 Å². The molecule has 2 unspecified atom stereocenters. The molecule has 130 valence electrons. The van der Waals surface area contributed by atoms with E-state index in [4.69, 9.17) is 11.6 Å². The summed E-state index contributed by atoms with van der Waals surface area (Å²) in [5.74, 6) is -1.10. The lowest BCUT2D eigenvalue weighted by atomic mass is 10.1. The molecule has 0 aliphatic carbocycles. The summed E-state index contributed by atoms with van der Waals surface area (Å²) in [7, 11) is 0. The molecule has 2 saturated heterocycles. The molecule has 2 aliphatic rings. The first-order valence-corrected chi connectivity index (χ1v) is 8.28. The van der Waals surface area contributed by atoms with Crippen LogP contribution in [0.2, 0.25) is 5.02 Å². The molecule has 0 aromatic heterocycles. The summed E-state index contributed by atoms with van der Waals surface area (Å²) >= 11 is 5.70. The number of amides is 2. The fourth-order valence-electron chi connectivity index (χ4n) is 3.09. The maximum absolute atomic E-state index is 13.9. The number of nitrogens with one attached hydrogen (secondary N) is 1. The highest BCUT2D eigenvalue weighted by Crippen LogP contribution is 2.18. The Kier molecular flexibility index (Phi) is 5.03. The van der Waals surface area contributed by atoms with Crippen molar-refractivity contribution in [3.05, 3.63) is 34.6 Å². The van der Waals surface area contributed by atoms with Gasteiger partial charge in [0.2, 0.25) is 5.91 Å². The number of carbonyl (C=O) groups excluding carboxylic acids is 2. The van der Waals surface area contributed by atoms with E-state index in [2.05, 4.69) is 5.32 Å². The summed E-state index contributed by atoms with van der Waals surface area (Å²) in [4.78, 5) is 28.0. The zero-order valence-corrected chi connectivity index (χ0v) is 13.8. The first-order valence-electron chi connectivity index (χ1n) is 7.90. The van der Waals surface area contributed by atoms with E-state index in [1.165, 1.54) is 17.0 Å². The van der Waals surface area contributed by atoms with Crippen LogP contribution in [-0.4, -0.2) is 71.6 Å². The van der Waals surface area contributed by atoms with Crippen molar-refractivity contribution in [1.29, 1.82) is 0 Å². The topological polar surface area (TPSA) is 72.9 Å². The van der Waals surface area contributed by atoms with Crippen LogP contribution in [0, 0.1) is 5.82 Å². The van der Waals surface area contributed by atoms with E-state index in [1.54, 1.807) is 4.90 Å². The summed E-state index contributed by atoms with van der Waals surface area (Å²) < 4.78 is 13.9. The van der Waals surface area contributed by atoms with Crippen molar-refractivity contribution in [2.24, 2.45) is 0 Å². The van der Waals surface area contributed by atoms with Gasteiger partial charge in [0.1, 0.15) is 5.82 Å². The Hall–Kier alpha value is -1.70. The number of hydrogen-bond acceptors (Lipinski definition) is 4. The normalized spacial score (nSPS) is 24.3. The number of benzene rings is 1. The number of rotatable bonds is 2. The predicted octanol–water partition coefficient (Wildman–Crippen LogP) is 0.486. The van der Waals surface area contributed by atoms with Gasteiger partial charge in [-0.2, -0.15) is 0 Å². The number of carbonyl (C=O) groups is 2. The lowest BCUT2D eigenvalue weighted by Crippen LogP contribution is -2.54. The van der Waals surface area contributed by atoms with Crippen LogP contribution in [0.25, 0.3) is 0 Å². The summed E-state index contributed by atoms with van der Waals surface area (Å²) in [5.41, 5.74) is -0.0141. The van der Waals surface area contributed by atoms with Crippen molar-refractivity contribution in [3.8, 4) is 0 Å². The third-order valence-corrected chi connectivity index (χ3v) is 4.68. The summed E-state index contributed by atoms with van der Waals surface area (Å²) in [5, 5.41) is 12.7. The Morgan fingerprint density at radius 3 is 2.46 bits per heavy atom. The van der Waals surface area contributed by atoms with Gasteiger partial charge in [0.25, 0.3) is 5.91 Å². The Morgan fingerprint density at radius 2 is 1.88 bits per heavy atom. The number of hydrogen-bond donors (Lipinski definition) is 2. The maximum Gasteiger partial charge on any atom is 0.256 e. The third kappa shape index (κ3) is 3.53. The van der Waals surface area contributed by atoms with E-state index in [-0.39, 0.29) is 22.5 Å². The number of aliphatic hydroxyl groups excluding tert-OH is 1. The average Bonchev–Trinajstić information content (AvgIpc) is 3.00. The van der Waals surface area contributed by atoms with Gasteiger partial charge in [-0.15, -0.1) is 0 Å². The van der Waals surface area contributed by atoms with Gasteiger partial charge in [0.05, 0.1) is 17.7 Å². The van der Waals surface area contributed by atoms with Crippen molar-refractivity contribution < 1.29 is 19.1 Å². The Labute approximate surface area is 144 Å². The van der Waals surface area contributed by atoms with Crippen LogP contribution >= 0.6 is 11.6 Å². The lowest BCUT2D eigenvalue weighted by molar-refractivity contribution is -0.134. The minimum atomic E-state index is -0.643. The maximum atomic E-state index is 13.9. The first-order chi connectivity index (χ1) is 11.5. The van der Waals surface area contributed by atoms with Crippen molar-refractivity contribution in [2.45, 2.75) is 18.6 Å². The predicted molar refractivity (Wildman–Crippen MR) is 86.3 cm³/mol. The van der Waals surface area contributed by atoms with E-state index in [0.717, 1.165) is 6.07 Å². The molecule has 0 saturated carbocycles.